The van der Waals surface area contributed by atoms with Crippen LogP contribution in [0.3, 0.4) is 0 Å². The van der Waals surface area contributed by atoms with Crippen molar-refractivity contribution >= 4 is 33.6 Å². The molecule has 0 aliphatic rings. The van der Waals surface area contributed by atoms with Crippen molar-refractivity contribution in [3.8, 4) is 0 Å². The summed E-state index contributed by atoms with van der Waals surface area (Å²) in [6, 6.07) is 12.1. The van der Waals surface area contributed by atoms with Crippen LogP contribution in [-0.4, -0.2) is 18.5 Å². The van der Waals surface area contributed by atoms with Crippen LogP contribution in [0.15, 0.2) is 51.9 Å². The molecule has 0 aliphatic carbocycles. The third-order valence-corrected chi connectivity index (χ3v) is 6.11. The van der Waals surface area contributed by atoms with Crippen molar-refractivity contribution in [3.63, 3.8) is 0 Å². The smallest absolute Gasteiger partial charge is 0.338 e. The molecule has 9 heteroatoms. The number of nitrogens with one attached hydrogen (secondary N) is 1. The molecule has 0 atom stereocenters. The maximum Gasteiger partial charge on any atom is 0.338 e. The van der Waals surface area contributed by atoms with Crippen molar-refractivity contribution in [2.45, 2.75) is 32.1 Å². The van der Waals surface area contributed by atoms with Crippen LogP contribution in [0.4, 0.5) is 11.4 Å². The zero-order valence-electron chi connectivity index (χ0n) is 16.7. The van der Waals surface area contributed by atoms with Crippen molar-refractivity contribution in [2.75, 3.05) is 4.72 Å². The Morgan fingerprint density at radius 1 is 1.13 bits per heavy atom. The molecule has 0 radical (unpaired) electrons. The Kier molecular flexibility index (Phi) is 6.02. The molecule has 0 spiro atoms. The zero-order valence-corrected chi connectivity index (χ0v) is 17.6. The average molecular weight is 427 g/mol. The van der Waals surface area contributed by atoms with E-state index >= 15 is 0 Å². The molecule has 156 valence electrons. The van der Waals surface area contributed by atoms with E-state index in [4.69, 9.17) is 4.52 Å². The van der Waals surface area contributed by atoms with Crippen molar-refractivity contribution in [1.82, 2.24) is 5.16 Å². The van der Waals surface area contributed by atoms with Crippen molar-refractivity contribution in [3.05, 3.63) is 80.7 Å². The number of anilines is 1. The van der Waals surface area contributed by atoms with E-state index < -0.39 is 14.9 Å². The molecule has 0 bridgehead atoms. The highest BCUT2D eigenvalue weighted by atomic mass is 32.2. The van der Waals surface area contributed by atoms with Gasteiger partial charge in [-0.25, -0.2) is 8.42 Å². The predicted octanol–water partition coefficient (Wildman–Crippen LogP) is 4.73. The summed E-state index contributed by atoms with van der Waals surface area (Å²) < 4.78 is 33.4. The quantitative estimate of drug-likeness (QED) is 0.430. The Balaban J connectivity index is 1.90. The van der Waals surface area contributed by atoms with E-state index in [1.807, 2.05) is 19.1 Å². The van der Waals surface area contributed by atoms with Crippen LogP contribution >= 0.6 is 0 Å². The molecule has 0 amide bonds. The lowest BCUT2D eigenvalue weighted by molar-refractivity contribution is -0.386. The summed E-state index contributed by atoms with van der Waals surface area (Å²) in [5.74, 6) is -0.00313. The van der Waals surface area contributed by atoms with Gasteiger partial charge in [-0.05, 0) is 61.2 Å². The molecule has 1 aromatic heterocycles. The number of rotatable bonds is 7. The first-order valence-corrected chi connectivity index (χ1v) is 10.7. The molecule has 0 fully saturated rings. The van der Waals surface area contributed by atoms with E-state index in [1.165, 1.54) is 19.1 Å². The molecule has 1 heterocycles. The van der Waals surface area contributed by atoms with E-state index in [-0.39, 0.29) is 22.0 Å². The molecule has 3 aromatic rings. The first-order valence-electron chi connectivity index (χ1n) is 9.22. The fourth-order valence-electron chi connectivity index (χ4n) is 2.91. The second-order valence-corrected chi connectivity index (χ2v) is 8.40. The fourth-order valence-corrected chi connectivity index (χ4v) is 4.25. The molecular formula is C21H21N3O5S. The largest absolute Gasteiger partial charge is 0.349 e. The van der Waals surface area contributed by atoms with Gasteiger partial charge in [0, 0.05) is 5.69 Å². The normalized spacial score (nSPS) is 11.7. The maximum absolute atomic E-state index is 12.9. The maximum atomic E-state index is 12.9. The Hall–Kier alpha value is -3.46. The highest BCUT2D eigenvalue weighted by Crippen LogP contribution is 2.26. The minimum Gasteiger partial charge on any atom is -0.349 e. The lowest BCUT2D eigenvalue weighted by Gasteiger charge is -2.11. The van der Waals surface area contributed by atoms with E-state index in [0.29, 0.717) is 16.8 Å². The molecule has 1 N–H and O–H groups in total. The molecule has 8 nitrogen and oxygen atoms in total. The van der Waals surface area contributed by atoms with Crippen LogP contribution < -0.4 is 4.72 Å². The van der Waals surface area contributed by atoms with Gasteiger partial charge < -0.3 is 4.52 Å². The summed E-state index contributed by atoms with van der Waals surface area (Å²) in [4.78, 5) is 10.7. The first-order chi connectivity index (χ1) is 14.2. The second-order valence-electron chi connectivity index (χ2n) is 6.75. The molecule has 0 unspecified atom stereocenters. The van der Waals surface area contributed by atoms with Gasteiger partial charge in [0.25, 0.3) is 10.0 Å². The van der Waals surface area contributed by atoms with Crippen LogP contribution in [0, 0.1) is 24.0 Å². The number of hydrogen-bond acceptors (Lipinski definition) is 6. The Morgan fingerprint density at radius 3 is 2.47 bits per heavy atom. The Labute approximate surface area is 174 Å². The van der Waals surface area contributed by atoms with E-state index in [0.717, 1.165) is 12.0 Å². The van der Waals surface area contributed by atoms with Gasteiger partial charge >= 0.3 is 5.69 Å². The first kappa shape index (κ1) is 21.3. The Morgan fingerprint density at radius 2 is 1.83 bits per heavy atom. The number of aryl methyl sites for hydroxylation is 3. The SMILES string of the molecule is CCc1ccc(NS(=O)(=O)c2cc(/C=C/c3onc(C)c3[N+](=O)[O-])ccc2C)cc1. The van der Waals surface area contributed by atoms with E-state index in [9.17, 15) is 18.5 Å². The summed E-state index contributed by atoms with van der Waals surface area (Å²) in [5, 5.41) is 14.7. The number of benzene rings is 2. The van der Waals surface area contributed by atoms with Crippen molar-refractivity contribution < 1.29 is 17.9 Å². The van der Waals surface area contributed by atoms with Crippen LogP contribution in [-0.2, 0) is 16.4 Å². The minimum absolute atomic E-state index is 0.00313. The molecule has 30 heavy (non-hydrogen) atoms. The standard InChI is InChI=1S/C21H21N3O5S/c1-4-16-7-10-18(11-8-16)23-30(27,28)20-13-17(6-5-14(20)2)9-12-19-21(24(25)26)15(3)22-29-19/h5-13,23H,4H2,1-3H3/b12-9+. The number of sulfonamides is 1. The third-order valence-electron chi connectivity index (χ3n) is 4.58. The summed E-state index contributed by atoms with van der Waals surface area (Å²) in [6.07, 6.45) is 3.81. The van der Waals surface area contributed by atoms with Crippen LogP contribution in [0.2, 0.25) is 0 Å². The molecule has 0 saturated heterocycles. The lowest BCUT2D eigenvalue weighted by atomic mass is 10.1. The number of nitrogens with zero attached hydrogens (tertiary/aromatic N) is 2. The zero-order chi connectivity index (χ0) is 21.9. The average Bonchev–Trinajstić information content (AvgIpc) is 3.08. The van der Waals surface area contributed by atoms with Gasteiger partial charge in [-0.15, -0.1) is 0 Å². The minimum atomic E-state index is -3.81. The van der Waals surface area contributed by atoms with Gasteiger partial charge in [0.05, 0.1) is 9.82 Å². The lowest BCUT2D eigenvalue weighted by Crippen LogP contribution is -2.14. The van der Waals surface area contributed by atoms with E-state index in [1.54, 1.807) is 37.3 Å². The topological polar surface area (TPSA) is 115 Å². The van der Waals surface area contributed by atoms with Gasteiger partial charge in [-0.3, -0.25) is 14.8 Å². The highest BCUT2D eigenvalue weighted by Gasteiger charge is 2.22. The molecule has 2 aromatic carbocycles. The fraction of sp³-hybridized carbons (Fsp3) is 0.190. The van der Waals surface area contributed by atoms with Gasteiger partial charge in [-0.1, -0.05) is 42.4 Å². The monoisotopic (exact) mass is 427 g/mol. The molecule has 0 aliphatic heterocycles. The van der Waals surface area contributed by atoms with Crippen molar-refractivity contribution in [2.24, 2.45) is 0 Å². The van der Waals surface area contributed by atoms with Crippen LogP contribution in [0.1, 0.15) is 35.1 Å². The van der Waals surface area contributed by atoms with Gasteiger partial charge in [-0.2, -0.15) is 0 Å². The van der Waals surface area contributed by atoms with Gasteiger partial charge in [0.2, 0.25) is 5.76 Å². The van der Waals surface area contributed by atoms with Gasteiger partial charge in [0.1, 0.15) is 0 Å². The Bertz CT molecular complexity index is 1210. The number of hydrogen-bond donors (Lipinski definition) is 1. The van der Waals surface area contributed by atoms with Crippen LogP contribution in [0.25, 0.3) is 12.2 Å². The summed E-state index contributed by atoms with van der Waals surface area (Å²) in [6.45, 7) is 5.21. The van der Waals surface area contributed by atoms with Crippen LogP contribution in [0.5, 0.6) is 0 Å². The summed E-state index contributed by atoms with van der Waals surface area (Å²) in [7, 11) is -3.81. The van der Waals surface area contributed by atoms with Gasteiger partial charge in [0.15, 0.2) is 5.69 Å². The molecule has 0 saturated carbocycles. The summed E-state index contributed by atoms with van der Waals surface area (Å²) >= 11 is 0. The molecule has 3 rings (SSSR count). The molecular weight excluding hydrogens is 406 g/mol. The number of nitro groups is 1. The highest BCUT2D eigenvalue weighted by molar-refractivity contribution is 7.92. The van der Waals surface area contributed by atoms with E-state index in [2.05, 4.69) is 9.88 Å². The number of aromatic nitrogens is 1. The third kappa shape index (κ3) is 4.57. The van der Waals surface area contributed by atoms with Crippen molar-refractivity contribution in [1.29, 1.82) is 0 Å². The second kappa shape index (κ2) is 8.50. The predicted molar refractivity (Wildman–Crippen MR) is 115 cm³/mol. The summed E-state index contributed by atoms with van der Waals surface area (Å²) in [5.41, 5.74) is 2.66.